The van der Waals surface area contributed by atoms with E-state index in [2.05, 4.69) is 26.6 Å². The van der Waals surface area contributed by atoms with Gasteiger partial charge in [-0.25, -0.2) is 0 Å². The van der Waals surface area contributed by atoms with Gasteiger partial charge in [-0.2, -0.15) is 0 Å². The second-order valence-corrected chi connectivity index (χ2v) is 6.03. The second kappa shape index (κ2) is 7.31. The SMILES string of the molecule is O=C(CNC(=O)c1ccc(Br)o1)NCc1ccc2ccccc2c1. The number of carbonyl (C=O) groups excluding carboxylic acids is 2. The first-order valence-corrected chi connectivity index (χ1v) is 8.19. The Hall–Kier alpha value is -2.60. The number of hydrogen-bond acceptors (Lipinski definition) is 3. The fourth-order valence-corrected chi connectivity index (χ4v) is 2.60. The summed E-state index contributed by atoms with van der Waals surface area (Å²) >= 11 is 3.12. The van der Waals surface area contributed by atoms with E-state index in [1.54, 1.807) is 6.07 Å². The largest absolute Gasteiger partial charge is 0.444 e. The summed E-state index contributed by atoms with van der Waals surface area (Å²) in [6, 6.07) is 17.2. The van der Waals surface area contributed by atoms with E-state index >= 15 is 0 Å². The highest BCUT2D eigenvalue weighted by atomic mass is 79.9. The maximum absolute atomic E-state index is 11.9. The molecule has 0 unspecified atom stereocenters. The zero-order valence-corrected chi connectivity index (χ0v) is 14.3. The lowest BCUT2D eigenvalue weighted by atomic mass is 10.1. The molecule has 0 fully saturated rings. The van der Waals surface area contributed by atoms with Crippen molar-refractivity contribution in [1.29, 1.82) is 0 Å². The Morgan fingerprint density at radius 3 is 2.50 bits per heavy atom. The maximum atomic E-state index is 11.9. The van der Waals surface area contributed by atoms with E-state index in [4.69, 9.17) is 4.42 Å². The van der Waals surface area contributed by atoms with Crippen LogP contribution in [0.25, 0.3) is 10.8 Å². The molecule has 6 heteroatoms. The van der Waals surface area contributed by atoms with Gasteiger partial charge in [0.15, 0.2) is 10.4 Å². The summed E-state index contributed by atoms with van der Waals surface area (Å²) in [7, 11) is 0. The van der Waals surface area contributed by atoms with E-state index in [0.717, 1.165) is 16.3 Å². The minimum atomic E-state index is -0.429. The van der Waals surface area contributed by atoms with Crippen molar-refractivity contribution in [2.45, 2.75) is 6.54 Å². The summed E-state index contributed by atoms with van der Waals surface area (Å²) in [5.41, 5.74) is 1.00. The number of nitrogens with one attached hydrogen (secondary N) is 2. The van der Waals surface area contributed by atoms with Gasteiger partial charge in [-0.1, -0.05) is 36.4 Å². The fourth-order valence-electron chi connectivity index (χ4n) is 2.30. The maximum Gasteiger partial charge on any atom is 0.287 e. The summed E-state index contributed by atoms with van der Waals surface area (Å²) in [4.78, 5) is 23.6. The first kappa shape index (κ1) is 16.3. The normalized spacial score (nSPS) is 10.5. The molecule has 122 valence electrons. The number of benzene rings is 2. The number of hydrogen-bond donors (Lipinski definition) is 2. The van der Waals surface area contributed by atoms with Crippen molar-refractivity contribution in [3.63, 3.8) is 0 Å². The minimum absolute atomic E-state index is 0.106. The first-order valence-electron chi connectivity index (χ1n) is 7.40. The van der Waals surface area contributed by atoms with Gasteiger partial charge >= 0.3 is 0 Å². The molecule has 0 aliphatic carbocycles. The summed E-state index contributed by atoms with van der Waals surface area (Å²) < 4.78 is 5.59. The lowest BCUT2D eigenvalue weighted by molar-refractivity contribution is -0.120. The lowest BCUT2D eigenvalue weighted by Crippen LogP contribution is -2.36. The highest BCUT2D eigenvalue weighted by Crippen LogP contribution is 2.15. The monoisotopic (exact) mass is 386 g/mol. The predicted molar refractivity (Wildman–Crippen MR) is 94.5 cm³/mol. The van der Waals surface area contributed by atoms with E-state index < -0.39 is 5.91 Å². The van der Waals surface area contributed by atoms with Crippen LogP contribution >= 0.6 is 15.9 Å². The van der Waals surface area contributed by atoms with Crippen molar-refractivity contribution < 1.29 is 14.0 Å². The molecule has 5 nitrogen and oxygen atoms in total. The third-order valence-electron chi connectivity index (χ3n) is 3.51. The summed E-state index contributed by atoms with van der Waals surface area (Å²) in [5, 5.41) is 7.58. The molecule has 2 N–H and O–H groups in total. The average Bonchev–Trinajstić information content (AvgIpc) is 3.04. The Kier molecular flexibility index (Phi) is 4.96. The third-order valence-corrected chi connectivity index (χ3v) is 3.94. The summed E-state index contributed by atoms with van der Waals surface area (Å²) in [6.45, 7) is 0.302. The van der Waals surface area contributed by atoms with Gasteiger partial charge in [0, 0.05) is 6.54 Å². The van der Waals surface area contributed by atoms with Gasteiger partial charge in [0.25, 0.3) is 5.91 Å². The van der Waals surface area contributed by atoms with Crippen molar-refractivity contribution in [2.75, 3.05) is 6.54 Å². The number of carbonyl (C=O) groups is 2. The van der Waals surface area contributed by atoms with E-state index in [1.807, 2.05) is 42.5 Å². The highest BCUT2D eigenvalue weighted by Gasteiger charge is 2.11. The van der Waals surface area contributed by atoms with E-state index in [1.165, 1.54) is 6.07 Å². The molecule has 0 aliphatic rings. The Balaban J connectivity index is 1.50. The van der Waals surface area contributed by atoms with Crippen LogP contribution in [0.5, 0.6) is 0 Å². The number of halogens is 1. The molecule has 1 aromatic heterocycles. The van der Waals surface area contributed by atoms with Gasteiger partial charge in [0.05, 0.1) is 6.54 Å². The van der Waals surface area contributed by atoms with Gasteiger partial charge in [0.1, 0.15) is 0 Å². The highest BCUT2D eigenvalue weighted by molar-refractivity contribution is 9.10. The fraction of sp³-hybridized carbons (Fsp3) is 0.111. The first-order chi connectivity index (χ1) is 11.6. The summed E-state index contributed by atoms with van der Waals surface area (Å²) in [5.74, 6) is -0.534. The van der Waals surface area contributed by atoms with Crippen LogP contribution in [-0.2, 0) is 11.3 Å². The van der Waals surface area contributed by atoms with Gasteiger partial charge < -0.3 is 15.1 Å². The van der Waals surface area contributed by atoms with E-state index in [9.17, 15) is 9.59 Å². The van der Waals surface area contributed by atoms with Crippen molar-refractivity contribution in [3.8, 4) is 0 Å². The average molecular weight is 387 g/mol. The molecule has 0 aliphatic heterocycles. The van der Waals surface area contributed by atoms with Gasteiger partial charge in [-0.05, 0) is 50.5 Å². The van der Waals surface area contributed by atoms with Crippen molar-refractivity contribution >= 4 is 38.5 Å². The van der Waals surface area contributed by atoms with Crippen molar-refractivity contribution in [2.24, 2.45) is 0 Å². The zero-order chi connectivity index (χ0) is 16.9. The molecule has 3 rings (SSSR count). The van der Waals surface area contributed by atoms with Gasteiger partial charge in [-0.3, -0.25) is 9.59 Å². The molecule has 24 heavy (non-hydrogen) atoms. The smallest absolute Gasteiger partial charge is 0.287 e. The molecule has 3 aromatic rings. The van der Waals surface area contributed by atoms with Crippen molar-refractivity contribution in [1.82, 2.24) is 10.6 Å². The van der Waals surface area contributed by atoms with Crippen LogP contribution in [0.3, 0.4) is 0 Å². The third kappa shape index (κ3) is 4.02. The second-order valence-electron chi connectivity index (χ2n) is 5.24. The van der Waals surface area contributed by atoms with Crippen LogP contribution in [0.1, 0.15) is 16.1 Å². The van der Waals surface area contributed by atoms with Crippen LogP contribution in [0.2, 0.25) is 0 Å². The standard InChI is InChI=1S/C18H15BrN2O3/c19-16-8-7-15(24-16)18(23)21-11-17(22)20-10-12-5-6-13-3-1-2-4-14(13)9-12/h1-9H,10-11H2,(H,20,22)(H,21,23). The molecular weight excluding hydrogens is 372 g/mol. The molecule has 0 radical (unpaired) electrons. The van der Waals surface area contributed by atoms with Crippen LogP contribution in [-0.4, -0.2) is 18.4 Å². The predicted octanol–water partition coefficient (Wildman–Crippen LogP) is 3.24. The molecule has 0 saturated heterocycles. The lowest BCUT2D eigenvalue weighted by Gasteiger charge is -2.07. The molecule has 2 amide bonds. The molecule has 2 aromatic carbocycles. The van der Waals surface area contributed by atoms with E-state index in [-0.39, 0.29) is 18.2 Å². The molecule has 0 bridgehead atoms. The van der Waals surface area contributed by atoms with E-state index in [0.29, 0.717) is 11.2 Å². The molecule has 1 heterocycles. The Labute approximate surface area is 147 Å². The zero-order valence-electron chi connectivity index (χ0n) is 12.7. The number of rotatable bonds is 5. The topological polar surface area (TPSA) is 71.3 Å². The van der Waals surface area contributed by atoms with Gasteiger partial charge in [0.2, 0.25) is 5.91 Å². The van der Waals surface area contributed by atoms with Crippen LogP contribution in [0.4, 0.5) is 0 Å². The molecule has 0 saturated carbocycles. The number of fused-ring (bicyclic) bond motifs is 1. The summed E-state index contributed by atoms with van der Waals surface area (Å²) in [6.07, 6.45) is 0. The number of furan rings is 1. The Morgan fingerprint density at radius 1 is 0.958 bits per heavy atom. The van der Waals surface area contributed by atoms with Crippen LogP contribution < -0.4 is 10.6 Å². The quantitative estimate of drug-likeness (QED) is 0.706. The molecule has 0 spiro atoms. The molecular formula is C18H15BrN2O3. The Bertz CT molecular complexity index is 889. The van der Waals surface area contributed by atoms with Crippen LogP contribution in [0, 0.1) is 0 Å². The van der Waals surface area contributed by atoms with Crippen LogP contribution in [0.15, 0.2) is 63.7 Å². The van der Waals surface area contributed by atoms with Gasteiger partial charge in [-0.15, -0.1) is 0 Å². The number of amides is 2. The van der Waals surface area contributed by atoms with Crippen molar-refractivity contribution in [3.05, 3.63) is 70.6 Å². The molecule has 0 atom stereocenters. The minimum Gasteiger partial charge on any atom is -0.444 e. The Morgan fingerprint density at radius 2 is 1.75 bits per heavy atom.